The van der Waals surface area contributed by atoms with Gasteiger partial charge in [0.2, 0.25) is 5.91 Å². The number of hydrogen-bond donors (Lipinski definition) is 0. The zero-order valence-electron chi connectivity index (χ0n) is 14.5. The van der Waals surface area contributed by atoms with Crippen LogP contribution in [-0.2, 0) is 4.79 Å². The third-order valence-electron chi connectivity index (χ3n) is 4.63. The number of nitrogens with zero attached hydrogens (tertiary/aromatic N) is 2. The Hall–Kier alpha value is -1.33. The van der Waals surface area contributed by atoms with Gasteiger partial charge in [0.05, 0.1) is 16.2 Å². The average molecular weight is 361 g/mol. The highest BCUT2D eigenvalue weighted by molar-refractivity contribution is 7.99. The molecule has 1 amide bonds. The third-order valence-corrected chi connectivity index (χ3v) is 6.69. The standard InChI is InChI=1S/C19H24N2OS2/c1-13-7-9-15(10-8-13)17-12-20-18(24-17)16-6-4-5-11-21(16)19(22)14(2)23-3/h7-10,12,14,16H,4-6,11H2,1-3H3/t14?,16-/m1/s1. The van der Waals surface area contributed by atoms with Crippen molar-refractivity contribution in [1.82, 2.24) is 9.88 Å². The number of aryl methyl sites for hydroxylation is 1. The van der Waals surface area contributed by atoms with Crippen molar-refractivity contribution in [2.75, 3.05) is 12.8 Å². The summed E-state index contributed by atoms with van der Waals surface area (Å²) in [5, 5.41) is 1.09. The number of benzene rings is 1. The quantitative estimate of drug-likeness (QED) is 0.775. The molecular weight excluding hydrogens is 336 g/mol. The Morgan fingerprint density at radius 3 is 2.79 bits per heavy atom. The van der Waals surface area contributed by atoms with Crippen molar-refractivity contribution in [1.29, 1.82) is 0 Å². The van der Waals surface area contributed by atoms with Crippen LogP contribution in [0.15, 0.2) is 30.5 Å². The first-order valence-electron chi connectivity index (χ1n) is 8.46. The number of likely N-dealkylation sites (tertiary alicyclic amines) is 1. The summed E-state index contributed by atoms with van der Waals surface area (Å²) in [6.45, 7) is 4.95. The van der Waals surface area contributed by atoms with E-state index in [0.717, 1.165) is 24.4 Å². The van der Waals surface area contributed by atoms with Gasteiger partial charge in [-0.3, -0.25) is 4.79 Å². The van der Waals surface area contributed by atoms with Crippen LogP contribution in [0.1, 0.15) is 42.8 Å². The van der Waals surface area contributed by atoms with Crippen molar-refractivity contribution in [3.8, 4) is 10.4 Å². The zero-order chi connectivity index (χ0) is 17.1. The third kappa shape index (κ3) is 3.67. The van der Waals surface area contributed by atoms with Crippen LogP contribution in [0.4, 0.5) is 0 Å². The lowest BCUT2D eigenvalue weighted by molar-refractivity contribution is -0.134. The molecule has 2 heterocycles. The molecule has 0 saturated carbocycles. The number of amides is 1. The fraction of sp³-hybridized carbons (Fsp3) is 0.474. The van der Waals surface area contributed by atoms with Crippen molar-refractivity contribution >= 4 is 29.0 Å². The van der Waals surface area contributed by atoms with Gasteiger partial charge in [-0.05, 0) is 44.9 Å². The fourth-order valence-electron chi connectivity index (χ4n) is 3.08. The maximum absolute atomic E-state index is 12.7. The number of carbonyl (C=O) groups excluding carboxylic acids is 1. The molecule has 1 aromatic carbocycles. The maximum atomic E-state index is 12.7. The lowest BCUT2D eigenvalue weighted by Gasteiger charge is -2.36. The van der Waals surface area contributed by atoms with Crippen LogP contribution in [0.3, 0.4) is 0 Å². The molecule has 3 nitrogen and oxygen atoms in total. The van der Waals surface area contributed by atoms with Crippen LogP contribution >= 0.6 is 23.1 Å². The number of hydrogen-bond acceptors (Lipinski definition) is 4. The first-order chi connectivity index (χ1) is 11.6. The van der Waals surface area contributed by atoms with Crippen molar-refractivity contribution < 1.29 is 4.79 Å². The van der Waals surface area contributed by atoms with Crippen LogP contribution in [-0.4, -0.2) is 33.8 Å². The Morgan fingerprint density at radius 1 is 1.33 bits per heavy atom. The number of carbonyl (C=O) groups is 1. The summed E-state index contributed by atoms with van der Waals surface area (Å²) < 4.78 is 0. The van der Waals surface area contributed by atoms with Gasteiger partial charge < -0.3 is 4.90 Å². The number of thiazole rings is 1. The Labute approximate surface area is 152 Å². The van der Waals surface area contributed by atoms with Gasteiger partial charge in [0.15, 0.2) is 0 Å². The van der Waals surface area contributed by atoms with E-state index in [4.69, 9.17) is 0 Å². The number of thioether (sulfide) groups is 1. The predicted octanol–water partition coefficient (Wildman–Crippen LogP) is 4.92. The summed E-state index contributed by atoms with van der Waals surface area (Å²) in [4.78, 5) is 20.6. The Kier molecular flexibility index (Phi) is 5.61. The highest BCUT2D eigenvalue weighted by Gasteiger charge is 2.32. The number of piperidine rings is 1. The Balaban J connectivity index is 1.84. The highest BCUT2D eigenvalue weighted by Crippen LogP contribution is 2.37. The second-order valence-corrected chi connectivity index (χ2v) is 8.59. The minimum absolute atomic E-state index is 0.0159. The topological polar surface area (TPSA) is 33.2 Å². The molecule has 2 atom stereocenters. The normalized spacial score (nSPS) is 19.3. The van der Waals surface area contributed by atoms with Crippen molar-refractivity contribution in [3.63, 3.8) is 0 Å². The number of aromatic nitrogens is 1. The molecule has 0 aliphatic carbocycles. The molecule has 1 aliphatic rings. The van der Waals surface area contributed by atoms with Gasteiger partial charge in [-0.2, -0.15) is 11.8 Å². The van der Waals surface area contributed by atoms with Gasteiger partial charge in [-0.15, -0.1) is 11.3 Å². The molecule has 1 saturated heterocycles. The van der Waals surface area contributed by atoms with Crippen molar-refractivity contribution in [2.24, 2.45) is 0 Å². The summed E-state index contributed by atoms with van der Waals surface area (Å²) in [6, 6.07) is 8.69. The minimum atomic E-state index is 0.0159. The maximum Gasteiger partial charge on any atom is 0.235 e. The Morgan fingerprint density at radius 2 is 2.08 bits per heavy atom. The monoisotopic (exact) mass is 360 g/mol. The van der Waals surface area contributed by atoms with E-state index in [1.54, 1.807) is 23.1 Å². The van der Waals surface area contributed by atoms with E-state index < -0.39 is 0 Å². The van der Waals surface area contributed by atoms with E-state index in [1.165, 1.54) is 22.4 Å². The summed E-state index contributed by atoms with van der Waals surface area (Å²) in [7, 11) is 0. The van der Waals surface area contributed by atoms with Crippen LogP contribution in [0, 0.1) is 6.92 Å². The molecule has 128 valence electrons. The summed E-state index contributed by atoms with van der Waals surface area (Å²) >= 11 is 3.35. The molecule has 2 aromatic rings. The van der Waals surface area contributed by atoms with Crippen molar-refractivity contribution in [3.05, 3.63) is 41.0 Å². The molecular formula is C19H24N2OS2. The molecule has 5 heteroatoms. The lowest BCUT2D eigenvalue weighted by atomic mass is 10.0. The fourth-order valence-corrected chi connectivity index (χ4v) is 4.49. The van der Waals surface area contributed by atoms with E-state index in [0.29, 0.717) is 0 Å². The molecule has 1 fully saturated rings. The number of rotatable bonds is 4. The van der Waals surface area contributed by atoms with Gasteiger partial charge in [0.25, 0.3) is 0 Å². The first kappa shape index (κ1) is 17.5. The average Bonchev–Trinajstić information content (AvgIpc) is 3.11. The molecule has 0 N–H and O–H groups in total. The molecule has 0 bridgehead atoms. The van der Waals surface area contributed by atoms with Crippen LogP contribution in [0.5, 0.6) is 0 Å². The zero-order valence-corrected chi connectivity index (χ0v) is 16.1. The van der Waals surface area contributed by atoms with Gasteiger partial charge >= 0.3 is 0 Å². The van der Waals surface area contributed by atoms with Crippen LogP contribution < -0.4 is 0 Å². The second kappa shape index (κ2) is 7.70. The molecule has 0 radical (unpaired) electrons. The first-order valence-corrected chi connectivity index (χ1v) is 10.6. The summed E-state index contributed by atoms with van der Waals surface area (Å²) in [6.07, 6.45) is 7.25. The van der Waals surface area contributed by atoms with Gasteiger partial charge in [-0.25, -0.2) is 4.98 Å². The van der Waals surface area contributed by atoms with Crippen molar-refractivity contribution in [2.45, 2.75) is 44.4 Å². The van der Waals surface area contributed by atoms with E-state index in [-0.39, 0.29) is 17.2 Å². The SMILES string of the molecule is CSC(C)C(=O)N1CCCC[C@@H]1c1ncc(-c2ccc(C)cc2)s1. The van der Waals surface area contributed by atoms with Gasteiger partial charge in [0.1, 0.15) is 5.01 Å². The van der Waals surface area contributed by atoms with E-state index in [1.807, 2.05) is 19.4 Å². The molecule has 0 spiro atoms. The molecule has 24 heavy (non-hydrogen) atoms. The van der Waals surface area contributed by atoms with Gasteiger partial charge in [-0.1, -0.05) is 29.8 Å². The molecule has 1 unspecified atom stereocenters. The summed E-state index contributed by atoms with van der Waals surface area (Å²) in [5.74, 6) is 0.249. The highest BCUT2D eigenvalue weighted by atomic mass is 32.2. The molecule has 1 aromatic heterocycles. The van der Waals surface area contributed by atoms with Crippen LogP contribution in [0.25, 0.3) is 10.4 Å². The summed E-state index contributed by atoms with van der Waals surface area (Å²) in [5.41, 5.74) is 2.47. The van der Waals surface area contributed by atoms with Gasteiger partial charge in [0, 0.05) is 12.7 Å². The van der Waals surface area contributed by atoms with E-state index >= 15 is 0 Å². The molecule has 3 rings (SSSR count). The Bertz CT molecular complexity index is 696. The van der Waals surface area contributed by atoms with E-state index in [2.05, 4.69) is 41.1 Å². The van der Waals surface area contributed by atoms with Crippen LogP contribution in [0.2, 0.25) is 0 Å². The van der Waals surface area contributed by atoms with E-state index in [9.17, 15) is 4.79 Å². The largest absolute Gasteiger partial charge is 0.332 e. The lowest BCUT2D eigenvalue weighted by Crippen LogP contribution is -2.42. The molecule has 1 aliphatic heterocycles. The second-order valence-electron chi connectivity index (χ2n) is 6.35. The smallest absolute Gasteiger partial charge is 0.235 e. The minimum Gasteiger partial charge on any atom is -0.332 e. The predicted molar refractivity (Wildman–Crippen MR) is 104 cm³/mol.